The fourth-order valence-corrected chi connectivity index (χ4v) is 2.33. The number of esters is 1. The third-order valence-electron chi connectivity index (χ3n) is 3.63. The summed E-state index contributed by atoms with van der Waals surface area (Å²) in [5.41, 5.74) is -0.796. The average molecular weight is 270 g/mol. The largest absolute Gasteiger partial charge is 0.481 e. The fourth-order valence-electron chi connectivity index (χ4n) is 2.33. The van der Waals surface area contributed by atoms with Crippen molar-refractivity contribution < 1.29 is 24.2 Å². The number of carboxylic acids is 1. The van der Waals surface area contributed by atoms with E-state index in [1.165, 1.54) is 0 Å². The highest BCUT2D eigenvalue weighted by Crippen LogP contribution is 2.38. The summed E-state index contributed by atoms with van der Waals surface area (Å²) in [6.07, 6.45) is 4.77. The lowest BCUT2D eigenvalue weighted by Gasteiger charge is -2.37. The molecule has 1 fully saturated rings. The predicted molar refractivity (Wildman–Crippen MR) is 69.7 cm³/mol. The fraction of sp³-hybridized carbons (Fsp3) is 0.714. The molecule has 0 aromatic carbocycles. The lowest BCUT2D eigenvalue weighted by Crippen LogP contribution is -2.44. The predicted octanol–water partition coefficient (Wildman–Crippen LogP) is 2.16. The number of hydrogen-bond donors (Lipinski definition) is 1. The Morgan fingerprint density at radius 2 is 2.16 bits per heavy atom. The first-order chi connectivity index (χ1) is 9.00. The van der Waals surface area contributed by atoms with Crippen LogP contribution in [0.3, 0.4) is 0 Å². The Morgan fingerprint density at radius 3 is 2.79 bits per heavy atom. The van der Waals surface area contributed by atoms with Crippen molar-refractivity contribution in [1.82, 2.24) is 0 Å². The minimum Gasteiger partial charge on any atom is -0.481 e. The van der Waals surface area contributed by atoms with Gasteiger partial charge in [-0.1, -0.05) is 19.4 Å². The van der Waals surface area contributed by atoms with Crippen LogP contribution in [0.25, 0.3) is 0 Å². The smallest absolute Gasteiger partial charge is 0.330 e. The second-order valence-corrected chi connectivity index (χ2v) is 5.05. The SMILES string of the molecule is C=CC(=O)OCCCOC1CCCCC1(C)C(=O)O. The number of ether oxygens (including phenoxy) is 2. The molecular formula is C14H22O5. The first-order valence-corrected chi connectivity index (χ1v) is 6.65. The van der Waals surface area contributed by atoms with Gasteiger partial charge in [0.25, 0.3) is 0 Å². The summed E-state index contributed by atoms with van der Waals surface area (Å²) in [6.45, 7) is 5.71. The van der Waals surface area contributed by atoms with E-state index < -0.39 is 17.4 Å². The van der Waals surface area contributed by atoms with Crippen LogP contribution in [0.4, 0.5) is 0 Å². The third kappa shape index (κ3) is 4.35. The van der Waals surface area contributed by atoms with Crippen LogP contribution >= 0.6 is 0 Å². The van der Waals surface area contributed by atoms with Crippen molar-refractivity contribution in [3.63, 3.8) is 0 Å². The van der Waals surface area contributed by atoms with Gasteiger partial charge in [0.1, 0.15) is 0 Å². The molecule has 0 aromatic rings. The molecule has 0 spiro atoms. The Balaban J connectivity index is 2.32. The normalized spacial score (nSPS) is 26.7. The molecular weight excluding hydrogens is 248 g/mol. The van der Waals surface area contributed by atoms with Crippen LogP contribution in [0.1, 0.15) is 39.0 Å². The zero-order valence-electron chi connectivity index (χ0n) is 11.4. The molecule has 0 bridgehead atoms. The van der Waals surface area contributed by atoms with E-state index in [4.69, 9.17) is 9.47 Å². The van der Waals surface area contributed by atoms with E-state index in [1.807, 2.05) is 0 Å². The van der Waals surface area contributed by atoms with Gasteiger partial charge in [-0.05, 0) is 19.8 Å². The van der Waals surface area contributed by atoms with Crippen LogP contribution in [0.2, 0.25) is 0 Å². The molecule has 0 saturated heterocycles. The Bertz CT molecular complexity index is 339. The summed E-state index contributed by atoms with van der Waals surface area (Å²) >= 11 is 0. The van der Waals surface area contributed by atoms with Gasteiger partial charge in [-0.15, -0.1) is 0 Å². The minimum atomic E-state index is -0.796. The standard InChI is InChI=1S/C14H22O5/c1-3-12(15)19-10-6-9-18-11-7-4-5-8-14(11,2)13(16)17/h3,11H,1,4-10H2,2H3,(H,16,17). The Kier molecular flexibility index (Phi) is 6.02. The minimum absolute atomic E-state index is 0.256. The Labute approximate surface area is 113 Å². The highest BCUT2D eigenvalue weighted by molar-refractivity contribution is 5.81. The van der Waals surface area contributed by atoms with Gasteiger partial charge in [0.05, 0.1) is 24.7 Å². The molecule has 0 radical (unpaired) electrons. The molecule has 1 N–H and O–H groups in total. The summed E-state index contributed by atoms with van der Waals surface area (Å²) in [5, 5.41) is 9.31. The summed E-state index contributed by atoms with van der Waals surface area (Å²) < 4.78 is 10.5. The number of aliphatic carboxylic acids is 1. The average Bonchev–Trinajstić information content (AvgIpc) is 2.39. The van der Waals surface area contributed by atoms with Gasteiger partial charge in [0.15, 0.2) is 0 Å². The van der Waals surface area contributed by atoms with Crippen LogP contribution in [0, 0.1) is 5.41 Å². The van der Waals surface area contributed by atoms with Crippen molar-refractivity contribution in [2.24, 2.45) is 5.41 Å². The summed E-state index contributed by atoms with van der Waals surface area (Å²) in [5.74, 6) is -1.25. The van der Waals surface area contributed by atoms with Crippen LogP contribution in [0.15, 0.2) is 12.7 Å². The van der Waals surface area contributed by atoms with E-state index in [0.717, 1.165) is 25.3 Å². The molecule has 0 amide bonds. The van der Waals surface area contributed by atoms with Crippen molar-refractivity contribution in [2.45, 2.75) is 45.1 Å². The van der Waals surface area contributed by atoms with E-state index in [-0.39, 0.29) is 12.7 Å². The molecule has 5 heteroatoms. The van der Waals surface area contributed by atoms with Gasteiger partial charge in [-0.3, -0.25) is 4.79 Å². The maximum Gasteiger partial charge on any atom is 0.330 e. The van der Waals surface area contributed by atoms with Crippen molar-refractivity contribution in [3.05, 3.63) is 12.7 Å². The first kappa shape index (κ1) is 15.7. The summed E-state index contributed by atoms with van der Waals surface area (Å²) in [4.78, 5) is 22.2. The van der Waals surface area contributed by atoms with Gasteiger partial charge < -0.3 is 14.6 Å². The zero-order valence-corrected chi connectivity index (χ0v) is 11.4. The monoisotopic (exact) mass is 270 g/mol. The molecule has 1 saturated carbocycles. The summed E-state index contributed by atoms with van der Waals surface area (Å²) in [7, 11) is 0. The molecule has 19 heavy (non-hydrogen) atoms. The van der Waals surface area contributed by atoms with Crippen LogP contribution in [-0.2, 0) is 19.1 Å². The van der Waals surface area contributed by atoms with E-state index in [2.05, 4.69) is 6.58 Å². The molecule has 1 aliphatic carbocycles. The summed E-state index contributed by atoms with van der Waals surface area (Å²) in [6, 6.07) is 0. The Hall–Kier alpha value is -1.36. The lowest BCUT2D eigenvalue weighted by molar-refractivity contribution is -0.162. The molecule has 2 atom stereocenters. The molecule has 0 heterocycles. The molecule has 1 aliphatic rings. The quantitative estimate of drug-likeness (QED) is 0.436. The molecule has 2 unspecified atom stereocenters. The zero-order chi connectivity index (χ0) is 14.3. The van der Waals surface area contributed by atoms with E-state index in [1.54, 1.807) is 6.92 Å². The maximum absolute atomic E-state index is 11.3. The van der Waals surface area contributed by atoms with Gasteiger partial charge in [0.2, 0.25) is 0 Å². The molecule has 108 valence electrons. The highest BCUT2D eigenvalue weighted by atomic mass is 16.5. The lowest BCUT2D eigenvalue weighted by atomic mass is 9.73. The molecule has 0 aliphatic heterocycles. The molecule has 0 aromatic heterocycles. The molecule has 1 rings (SSSR count). The van der Waals surface area contributed by atoms with Crippen LogP contribution < -0.4 is 0 Å². The maximum atomic E-state index is 11.3. The topological polar surface area (TPSA) is 72.8 Å². The van der Waals surface area contributed by atoms with E-state index in [9.17, 15) is 14.7 Å². The molecule has 5 nitrogen and oxygen atoms in total. The highest BCUT2D eigenvalue weighted by Gasteiger charge is 2.43. The second kappa shape index (κ2) is 7.28. The van der Waals surface area contributed by atoms with Gasteiger partial charge in [0, 0.05) is 12.5 Å². The van der Waals surface area contributed by atoms with Gasteiger partial charge in [-0.25, -0.2) is 4.79 Å². The van der Waals surface area contributed by atoms with E-state index in [0.29, 0.717) is 19.4 Å². The Morgan fingerprint density at radius 1 is 1.42 bits per heavy atom. The first-order valence-electron chi connectivity index (χ1n) is 6.65. The van der Waals surface area contributed by atoms with Gasteiger partial charge >= 0.3 is 11.9 Å². The number of carbonyl (C=O) groups is 2. The third-order valence-corrected chi connectivity index (χ3v) is 3.63. The van der Waals surface area contributed by atoms with Crippen molar-refractivity contribution >= 4 is 11.9 Å². The van der Waals surface area contributed by atoms with E-state index >= 15 is 0 Å². The number of rotatable bonds is 7. The van der Waals surface area contributed by atoms with Crippen LogP contribution in [0.5, 0.6) is 0 Å². The number of carboxylic acid groups (broad SMARTS) is 1. The van der Waals surface area contributed by atoms with Gasteiger partial charge in [-0.2, -0.15) is 0 Å². The van der Waals surface area contributed by atoms with Crippen molar-refractivity contribution in [3.8, 4) is 0 Å². The van der Waals surface area contributed by atoms with Crippen LogP contribution in [-0.4, -0.2) is 36.4 Å². The number of carbonyl (C=O) groups excluding carboxylic acids is 1. The van der Waals surface area contributed by atoms with Crippen molar-refractivity contribution in [2.75, 3.05) is 13.2 Å². The van der Waals surface area contributed by atoms with Crippen molar-refractivity contribution in [1.29, 1.82) is 0 Å². The number of hydrogen-bond acceptors (Lipinski definition) is 4. The second-order valence-electron chi connectivity index (χ2n) is 5.05.